The summed E-state index contributed by atoms with van der Waals surface area (Å²) in [5.41, 5.74) is 2.60. The number of methoxy groups -OCH3 is 1. The number of amides is 1. The van der Waals surface area contributed by atoms with Gasteiger partial charge in [-0.1, -0.05) is 18.2 Å². The summed E-state index contributed by atoms with van der Waals surface area (Å²) in [6, 6.07) is 13.2. The molecule has 30 heavy (non-hydrogen) atoms. The van der Waals surface area contributed by atoms with E-state index in [2.05, 4.69) is 15.0 Å². The summed E-state index contributed by atoms with van der Waals surface area (Å²) in [4.78, 5) is 16.8. The molecule has 0 atom stereocenters. The lowest BCUT2D eigenvalue weighted by Gasteiger charge is -2.16. The molecule has 1 heterocycles. The van der Waals surface area contributed by atoms with Gasteiger partial charge in [-0.15, -0.1) is 0 Å². The van der Waals surface area contributed by atoms with E-state index in [-0.39, 0.29) is 28.6 Å². The minimum Gasteiger partial charge on any atom is -0.496 e. The molecule has 0 saturated carbocycles. The van der Waals surface area contributed by atoms with Gasteiger partial charge in [-0.3, -0.25) is 14.5 Å². The van der Waals surface area contributed by atoms with Crippen molar-refractivity contribution in [1.29, 1.82) is 0 Å². The van der Waals surface area contributed by atoms with Gasteiger partial charge in [0.25, 0.3) is 15.9 Å². The maximum absolute atomic E-state index is 13.0. The van der Waals surface area contributed by atoms with E-state index in [9.17, 15) is 13.2 Å². The van der Waals surface area contributed by atoms with Gasteiger partial charge in [-0.2, -0.15) is 0 Å². The molecule has 156 valence electrons. The number of nitrogens with one attached hydrogen (secondary N) is 2. The second-order valence-electron chi connectivity index (χ2n) is 6.71. The Morgan fingerprint density at radius 1 is 1.03 bits per heavy atom. The molecular formula is C22H23N3O4S. The molecule has 0 aliphatic heterocycles. The first-order valence-corrected chi connectivity index (χ1v) is 10.7. The molecule has 0 aliphatic carbocycles. The second-order valence-corrected chi connectivity index (χ2v) is 8.36. The molecule has 0 fully saturated rings. The fourth-order valence-corrected chi connectivity index (χ4v) is 4.41. The number of rotatable bonds is 7. The fraction of sp³-hybridized carbons (Fsp3) is 0.182. The van der Waals surface area contributed by atoms with Gasteiger partial charge >= 0.3 is 0 Å². The summed E-state index contributed by atoms with van der Waals surface area (Å²) in [6.07, 6.45) is 3.31. The Balaban J connectivity index is 1.85. The van der Waals surface area contributed by atoms with Crippen molar-refractivity contribution in [2.75, 3.05) is 11.8 Å². The number of benzene rings is 2. The zero-order valence-corrected chi connectivity index (χ0v) is 17.8. The molecule has 0 unspecified atom stereocenters. The van der Waals surface area contributed by atoms with Gasteiger partial charge in [0.1, 0.15) is 5.75 Å². The highest BCUT2D eigenvalue weighted by Crippen LogP contribution is 2.28. The van der Waals surface area contributed by atoms with Crippen LogP contribution in [0, 0.1) is 13.8 Å². The Morgan fingerprint density at radius 2 is 1.80 bits per heavy atom. The normalized spacial score (nSPS) is 11.0. The number of pyridine rings is 1. The third-order valence-electron chi connectivity index (χ3n) is 4.79. The summed E-state index contributed by atoms with van der Waals surface area (Å²) < 4.78 is 33.9. The molecule has 2 N–H and O–H groups in total. The smallest absolute Gasteiger partial charge is 0.262 e. The first kappa shape index (κ1) is 21.3. The van der Waals surface area contributed by atoms with E-state index in [0.717, 1.165) is 11.1 Å². The van der Waals surface area contributed by atoms with Crippen LogP contribution in [-0.4, -0.2) is 26.4 Å². The van der Waals surface area contributed by atoms with E-state index in [1.807, 2.05) is 6.07 Å². The zero-order valence-electron chi connectivity index (χ0n) is 17.0. The van der Waals surface area contributed by atoms with Crippen LogP contribution in [0.15, 0.2) is 65.8 Å². The van der Waals surface area contributed by atoms with Crippen LogP contribution in [0.3, 0.4) is 0 Å². The zero-order chi connectivity index (χ0) is 21.7. The van der Waals surface area contributed by atoms with Crippen LogP contribution >= 0.6 is 0 Å². The Morgan fingerprint density at radius 3 is 2.50 bits per heavy atom. The van der Waals surface area contributed by atoms with Crippen molar-refractivity contribution in [3.8, 4) is 5.75 Å². The van der Waals surface area contributed by atoms with Crippen molar-refractivity contribution in [3.05, 3.63) is 83.2 Å². The van der Waals surface area contributed by atoms with Gasteiger partial charge in [-0.25, -0.2) is 8.42 Å². The molecule has 3 rings (SSSR count). The summed E-state index contributed by atoms with van der Waals surface area (Å²) in [7, 11) is -2.37. The second kappa shape index (κ2) is 8.96. The van der Waals surface area contributed by atoms with Crippen molar-refractivity contribution in [2.45, 2.75) is 25.3 Å². The quantitative estimate of drug-likeness (QED) is 0.604. The number of carbonyl (C=O) groups is 1. The summed E-state index contributed by atoms with van der Waals surface area (Å²) >= 11 is 0. The lowest BCUT2D eigenvalue weighted by molar-refractivity contribution is 0.0952. The van der Waals surface area contributed by atoms with Crippen LogP contribution in [0.1, 0.15) is 27.0 Å². The summed E-state index contributed by atoms with van der Waals surface area (Å²) in [6.45, 7) is 3.80. The minimum absolute atomic E-state index is 0.131. The Labute approximate surface area is 176 Å². The molecule has 1 amide bonds. The first-order chi connectivity index (χ1) is 14.3. The van der Waals surface area contributed by atoms with Gasteiger partial charge in [0.15, 0.2) is 0 Å². The average Bonchev–Trinajstić information content (AvgIpc) is 2.74. The molecule has 1 aromatic heterocycles. The third kappa shape index (κ3) is 4.60. The minimum atomic E-state index is -3.91. The number of nitrogens with zero attached hydrogens (tertiary/aromatic N) is 1. The number of carbonyl (C=O) groups excluding carboxylic acids is 1. The fourth-order valence-electron chi connectivity index (χ4n) is 3.03. The van der Waals surface area contributed by atoms with E-state index in [4.69, 9.17) is 4.74 Å². The molecule has 0 spiro atoms. The number of ether oxygens (including phenoxy) is 1. The third-order valence-corrected chi connectivity index (χ3v) is 6.30. The van der Waals surface area contributed by atoms with Crippen LogP contribution in [0.2, 0.25) is 0 Å². The van der Waals surface area contributed by atoms with Crippen molar-refractivity contribution in [1.82, 2.24) is 10.3 Å². The van der Waals surface area contributed by atoms with Gasteiger partial charge in [-0.05, 0) is 60.9 Å². The lowest BCUT2D eigenvalue weighted by Crippen LogP contribution is -2.25. The van der Waals surface area contributed by atoms with E-state index in [0.29, 0.717) is 11.3 Å². The van der Waals surface area contributed by atoms with Crippen molar-refractivity contribution < 1.29 is 17.9 Å². The molecule has 3 aromatic rings. The monoisotopic (exact) mass is 425 g/mol. The van der Waals surface area contributed by atoms with E-state index in [1.165, 1.54) is 13.2 Å². The number of aromatic nitrogens is 1. The number of para-hydroxylation sites is 1. The van der Waals surface area contributed by atoms with Crippen LogP contribution in [0.25, 0.3) is 0 Å². The largest absolute Gasteiger partial charge is 0.496 e. The highest BCUT2D eigenvalue weighted by atomic mass is 32.2. The highest BCUT2D eigenvalue weighted by molar-refractivity contribution is 7.92. The Kier molecular flexibility index (Phi) is 6.37. The standard InChI is InChI=1S/C22H23N3O4S/c1-15-16(2)21(11-10-20(15)29-3)30(27,28)25-19-9-5-4-8-18(19)22(26)24-14-17-7-6-12-23-13-17/h4-13,25H,14H2,1-3H3,(H,24,26). The average molecular weight is 426 g/mol. The maximum atomic E-state index is 13.0. The molecule has 7 nitrogen and oxygen atoms in total. The molecular weight excluding hydrogens is 402 g/mol. The van der Waals surface area contributed by atoms with Crippen LogP contribution < -0.4 is 14.8 Å². The van der Waals surface area contributed by atoms with Crippen LogP contribution in [-0.2, 0) is 16.6 Å². The van der Waals surface area contributed by atoms with E-state index in [1.54, 1.807) is 62.6 Å². The molecule has 8 heteroatoms. The Hall–Kier alpha value is -3.39. The predicted octanol–water partition coefficient (Wildman–Crippen LogP) is 3.44. The van der Waals surface area contributed by atoms with Crippen LogP contribution in [0.5, 0.6) is 5.75 Å². The lowest BCUT2D eigenvalue weighted by atomic mass is 10.1. The van der Waals surface area contributed by atoms with Crippen LogP contribution in [0.4, 0.5) is 5.69 Å². The van der Waals surface area contributed by atoms with Gasteiger partial charge in [0.2, 0.25) is 0 Å². The van der Waals surface area contributed by atoms with E-state index >= 15 is 0 Å². The van der Waals surface area contributed by atoms with Gasteiger partial charge in [0, 0.05) is 18.9 Å². The first-order valence-electron chi connectivity index (χ1n) is 9.26. The SMILES string of the molecule is COc1ccc(S(=O)(=O)Nc2ccccc2C(=O)NCc2cccnc2)c(C)c1C. The number of hydrogen-bond donors (Lipinski definition) is 2. The summed E-state index contributed by atoms with van der Waals surface area (Å²) in [5.74, 6) is 0.224. The number of sulfonamides is 1. The van der Waals surface area contributed by atoms with Crippen molar-refractivity contribution in [2.24, 2.45) is 0 Å². The summed E-state index contributed by atoms with van der Waals surface area (Å²) in [5, 5.41) is 2.79. The maximum Gasteiger partial charge on any atom is 0.262 e. The van der Waals surface area contributed by atoms with Crippen molar-refractivity contribution in [3.63, 3.8) is 0 Å². The predicted molar refractivity (Wildman–Crippen MR) is 115 cm³/mol. The molecule has 2 aromatic carbocycles. The van der Waals surface area contributed by atoms with E-state index < -0.39 is 10.0 Å². The number of anilines is 1. The van der Waals surface area contributed by atoms with Crippen molar-refractivity contribution >= 4 is 21.6 Å². The number of hydrogen-bond acceptors (Lipinski definition) is 5. The van der Waals surface area contributed by atoms with Gasteiger partial charge in [0.05, 0.1) is 23.3 Å². The Bertz CT molecular complexity index is 1160. The highest BCUT2D eigenvalue weighted by Gasteiger charge is 2.22. The topological polar surface area (TPSA) is 97.4 Å². The molecule has 0 radical (unpaired) electrons. The molecule has 0 saturated heterocycles. The molecule has 0 aliphatic rings. The van der Waals surface area contributed by atoms with Gasteiger partial charge < -0.3 is 10.1 Å². The molecule has 0 bridgehead atoms.